The van der Waals surface area contributed by atoms with E-state index in [2.05, 4.69) is 87.8 Å². The van der Waals surface area contributed by atoms with Gasteiger partial charge in [0.05, 0.1) is 0 Å². The third kappa shape index (κ3) is 3.45. The first-order chi connectivity index (χ1) is 11.7. The summed E-state index contributed by atoms with van der Waals surface area (Å²) in [4.78, 5) is 0. The van der Waals surface area contributed by atoms with E-state index in [0.29, 0.717) is 11.8 Å². The fourth-order valence-electron chi connectivity index (χ4n) is 4.49. The van der Waals surface area contributed by atoms with Crippen LogP contribution in [-0.2, 0) is 19.4 Å². The molecule has 2 unspecified atom stereocenters. The second-order valence-corrected chi connectivity index (χ2v) is 32.4. The van der Waals surface area contributed by atoms with Crippen molar-refractivity contribution in [2.45, 2.75) is 54.7 Å². The molecule has 0 radical (unpaired) electrons. The summed E-state index contributed by atoms with van der Waals surface area (Å²) in [5.41, 5.74) is 7.91. The molecule has 0 heterocycles. The zero-order valence-electron chi connectivity index (χ0n) is 16.9. The van der Waals surface area contributed by atoms with Crippen LogP contribution in [0.25, 0.3) is 6.08 Å². The molecule has 0 nitrogen and oxygen atoms in total. The summed E-state index contributed by atoms with van der Waals surface area (Å²) in [6, 6.07) is 16.5. The van der Waals surface area contributed by atoms with Crippen LogP contribution in [0.4, 0.5) is 0 Å². The normalized spacial score (nSPS) is 19.2. The molecule has 0 aliphatic heterocycles. The zero-order chi connectivity index (χ0) is 18.4. The molecular weight excluding hydrogens is 396 g/mol. The molecule has 0 bridgehead atoms. The van der Waals surface area contributed by atoms with Gasteiger partial charge in [-0.3, -0.25) is 0 Å². The van der Waals surface area contributed by atoms with Crippen LogP contribution in [0.2, 0.25) is 4.63 Å². The van der Waals surface area contributed by atoms with Crippen molar-refractivity contribution >= 4 is 16.7 Å². The Labute approximate surface area is 160 Å². The van der Waals surface area contributed by atoms with Gasteiger partial charge in [0.15, 0.2) is 0 Å². The van der Waals surface area contributed by atoms with Crippen molar-refractivity contribution in [1.29, 1.82) is 0 Å². The Hall–Kier alpha value is -0.720. The van der Waals surface area contributed by atoms with Gasteiger partial charge in [0.2, 0.25) is 0 Å². The Morgan fingerprint density at radius 1 is 0.960 bits per heavy atom. The van der Waals surface area contributed by atoms with E-state index < -0.39 is 19.4 Å². The fourth-order valence-corrected chi connectivity index (χ4v) is 19.9. The topological polar surface area (TPSA) is 0 Å². The summed E-state index contributed by atoms with van der Waals surface area (Å²) in [6.45, 7) is 11.7. The number of benzene rings is 2. The van der Waals surface area contributed by atoms with Gasteiger partial charge in [-0.05, 0) is 0 Å². The maximum absolute atomic E-state index is 2.67. The summed E-state index contributed by atoms with van der Waals surface area (Å²) >= 11 is -2.39. The quantitative estimate of drug-likeness (QED) is 0.588. The van der Waals surface area contributed by atoms with Crippen molar-refractivity contribution in [2.24, 2.45) is 0 Å². The van der Waals surface area contributed by atoms with E-state index in [-0.39, 0.29) is 0 Å². The van der Waals surface area contributed by atoms with E-state index in [1.165, 1.54) is 12.9 Å². The van der Waals surface area contributed by atoms with Crippen molar-refractivity contribution in [2.75, 3.05) is 0 Å². The van der Waals surface area contributed by atoms with Crippen molar-refractivity contribution < 1.29 is 19.4 Å². The van der Waals surface area contributed by atoms with Gasteiger partial charge < -0.3 is 0 Å². The first-order valence-corrected chi connectivity index (χ1v) is 23.1. The van der Waals surface area contributed by atoms with E-state index in [1.807, 2.05) is 0 Å². The monoisotopic (exact) mass is 426 g/mol. The second kappa shape index (κ2) is 7.12. The number of rotatable bonds is 4. The average Bonchev–Trinajstić information content (AvgIpc) is 2.90. The third-order valence-electron chi connectivity index (χ3n) is 5.93. The molecule has 0 spiro atoms. The molecule has 0 amide bonds. The molecule has 2 aromatic carbocycles. The van der Waals surface area contributed by atoms with E-state index in [1.54, 1.807) is 25.5 Å². The Morgan fingerprint density at radius 3 is 2.16 bits per heavy atom. The van der Waals surface area contributed by atoms with Gasteiger partial charge in [0, 0.05) is 0 Å². The van der Waals surface area contributed by atoms with Crippen molar-refractivity contribution in [1.82, 2.24) is 0 Å². The van der Waals surface area contributed by atoms with E-state index >= 15 is 0 Å². The molecule has 132 valence electrons. The van der Waals surface area contributed by atoms with Crippen LogP contribution >= 0.6 is 0 Å². The molecule has 1 aliphatic rings. The molecule has 2 aromatic rings. The Morgan fingerprint density at radius 2 is 1.60 bits per heavy atom. The molecule has 0 N–H and O–H groups in total. The van der Waals surface area contributed by atoms with Gasteiger partial charge in [0.1, 0.15) is 0 Å². The summed E-state index contributed by atoms with van der Waals surface area (Å²) < 4.78 is 5.08. The molecule has 2 heteroatoms. The average molecular weight is 428 g/mol. The number of hydrogen-bond donors (Lipinski definition) is 0. The number of allylic oxidation sites excluding steroid dienone is 1. The molecule has 0 saturated heterocycles. The van der Waals surface area contributed by atoms with Crippen molar-refractivity contribution in [3.05, 3.63) is 70.3 Å². The number of hydrogen-bond acceptors (Lipinski definition) is 0. The molecule has 0 saturated carbocycles. The molecule has 0 fully saturated rings. The summed E-state index contributed by atoms with van der Waals surface area (Å²) in [6.07, 6.45) is 2.52. The summed E-state index contributed by atoms with van der Waals surface area (Å²) in [7, 11) is 1.34. The zero-order valence-corrected chi connectivity index (χ0v) is 21.3. The third-order valence-corrected chi connectivity index (χ3v) is 22.7. The summed E-state index contributed by atoms with van der Waals surface area (Å²) in [5, 5.41) is 0. The van der Waals surface area contributed by atoms with Gasteiger partial charge in [0.25, 0.3) is 0 Å². The molecule has 2 atom stereocenters. The number of fused-ring (bicyclic) bond motifs is 1. The van der Waals surface area contributed by atoms with Gasteiger partial charge in [-0.15, -0.1) is 0 Å². The van der Waals surface area contributed by atoms with Crippen LogP contribution in [0.5, 0.6) is 0 Å². The van der Waals surface area contributed by atoms with Crippen LogP contribution in [0.3, 0.4) is 0 Å². The summed E-state index contributed by atoms with van der Waals surface area (Å²) in [5.74, 6) is 1.18. The van der Waals surface area contributed by atoms with Crippen LogP contribution in [0.1, 0.15) is 72.3 Å². The first-order valence-electron chi connectivity index (χ1n) is 9.65. The van der Waals surface area contributed by atoms with Crippen molar-refractivity contribution in [3.63, 3.8) is 0 Å². The van der Waals surface area contributed by atoms with E-state index in [9.17, 15) is 0 Å². The SMILES string of the molecule is CC1=Cc2c(C(C)C)cc(C(C)C)cc2[CH]1[Zr]([CH3])([SiH3])[c]1ccccc1. The predicted octanol–water partition coefficient (Wildman–Crippen LogP) is 5.20. The molecular formula is C23H32SiZr. The van der Waals surface area contributed by atoms with Gasteiger partial charge in [-0.1, -0.05) is 0 Å². The fraction of sp³-hybridized carbons (Fsp3) is 0.391. The van der Waals surface area contributed by atoms with Crippen molar-refractivity contribution in [3.8, 4) is 0 Å². The van der Waals surface area contributed by atoms with Crippen LogP contribution in [0.15, 0.2) is 48.0 Å². The van der Waals surface area contributed by atoms with Crippen LogP contribution in [-0.4, -0.2) is 7.37 Å². The Kier molecular flexibility index (Phi) is 5.43. The maximum atomic E-state index is 2.67. The van der Waals surface area contributed by atoms with Gasteiger partial charge in [-0.2, -0.15) is 0 Å². The van der Waals surface area contributed by atoms with E-state index in [4.69, 9.17) is 0 Å². The Bertz CT molecular complexity index is 800. The van der Waals surface area contributed by atoms with Gasteiger partial charge in [-0.25, -0.2) is 0 Å². The predicted molar refractivity (Wildman–Crippen MR) is 113 cm³/mol. The molecule has 3 rings (SSSR count). The van der Waals surface area contributed by atoms with Gasteiger partial charge >= 0.3 is 161 Å². The Balaban J connectivity index is 2.20. The second-order valence-electron chi connectivity index (χ2n) is 8.83. The van der Waals surface area contributed by atoms with E-state index in [0.717, 1.165) is 3.63 Å². The minimum absolute atomic E-state index is 0.586. The standard InChI is InChI=1S/C16H21.C6H5.CH3.H3Si.Zr/c1-10(2)13-8-14-6-12(5)7-16(14)15(9-13)11(3)4;1-2-4-6-5-3-1;;;/h6-11H,1-5H3;1-5H;2*1H3;. The molecule has 1 aliphatic carbocycles. The first kappa shape index (κ1) is 19.1. The minimum atomic E-state index is -2.39. The van der Waals surface area contributed by atoms with Crippen LogP contribution < -0.4 is 3.27 Å². The molecule has 25 heavy (non-hydrogen) atoms. The molecule has 0 aromatic heterocycles. The van der Waals surface area contributed by atoms with Crippen LogP contribution in [0, 0.1) is 0 Å².